The van der Waals surface area contributed by atoms with Crippen molar-refractivity contribution in [1.82, 2.24) is 5.32 Å². The number of nitrogens with one attached hydrogen (secondary N) is 1. The summed E-state index contributed by atoms with van der Waals surface area (Å²) in [6, 6.07) is 2.02. The van der Waals surface area contributed by atoms with E-state index in [0.29, 0.717) is 11.5 Å². The zero-order valence-corrected chi connectivity index (χ0v) is 14.6. The summed E-state index contributed by atoms with van der Waals surface area (Å²) in [5.41, 5.74) is 0.563. The van der Waals surface area contributed by atoms with Crippen molar-refractivity contribution in [3.05, 3.63) is 21.4 Å². The molecule has 0 aromatic carbocycles. The quantitative estimate of drug-likeness (QED) is 0.861. The first-order chi connectivity index (χ1) is 10.4. The Morgan fingerprint density at radius 1 is 1.32 bits per heavy atom. The van der Waals surface area contributed by atoms with Gasteiger partial charge >= 0.3 is 5.97 Å². The predicted molar refractivity (Wildman–Crippen MR) is 88.2 cm³/mol. The first-order valence-electron chi connectivity index (χ1n) is 7.97. The number of esters is 1. The van der Waals surface area contributed by atoms with Gasteiger partial charge in [-0.1, -0.05) is 19.8 Å². The molecule has 1 amide bonds. The Kier molecular flexibility index (Phi) is 5.62. The van der Waals surface area contributed by atoms with Gasteiger partial charge in [-0.25, -0.2) is 4.79 Å². The Balaban J connectivity index is 1.90. The average molecular weight is 323 g/mol. The highest BCUT2D eigenvalue weighted by Crippen LogP contribution is 2.24. The third kappa shape index (κ3) is 4.09. The highest BCUT2D eigenvalue weighted by atomic mass is 32.1. The Hall–Kier alpha value is -1.36. The van der Waals surface area contributed by atoms with Crippen LogP contribution in [0.4, 0.5) is 0 Å². The van der Waals surface area contributed by atoms with Crippen LogP contribution in [0.3, 0.4) is 0 Å². The molecule has 1 aliphatic carbocycles. The normalized spacial score (nSPS) is 22.9. The van der Waals surface area contributed by atoms with Gasteiger partial charge in [0.25, 0.3) is 5.91 Å². The average Bonchev–Trinajstić information content (AvgIpc) is 2.80. The molecule has 0 aliphatic heterocycles. The van der Waals surface area contributed by atoms with Crippen molar-refractivity contribution in [3.63, 3.8) is 0 Å². The summed E-state index contributed by atoms with van der Waals surface area (Å²) in [7, 11) is 0. The SMILES string of the molecule is Cc1cc(C(=O)O[C@@H](C)C(=O)N[C@H]2CCCC[C@@H]2C)c(C)s1. The molecule has 1 saturated carbocycles. The van der Waals surface area contributed by atoms with Crippen LogP contribution in [0.1, 0.15) is 59.6 Å². The van der Waals surface area contributed by atoms with E-state index in [1.54, 1.807) is 18.3 Å². The molecule has 1 fully saturated rings. The van der Waals surface area contributed by atoms with Crippen LogP contribution in [-0.2, 0) is 9.53 Å². The molecule has 0 unspecified atom stereocenters. The lowest BCUT2D eigenvalue weighted by atomic mass is 9.86. The molecule has 3 atom stereocenters. The van der Waals surface area contributed by atoms with E-state index in [0.717, 1.165) is 29.0 Å². The maximum atomic E-state index is 12.2. The molecular formula is C17H25NO3S. The third-order valence-corrected chi connectivity index (χ3v) is 5.32. The zero-order valence-electron chi connectivity index (χ0n) is 13.8. The van der Waals surface area contributed by atoms with Crippen LogP contribution < -0.4 is 5.32 Å². The van der Waals surface area contributed by atoms with Gasteiger partial charge in [0, 0.05) is 15.8 Å². The number of aryl methyl sites for hydroxylation is 2. The number of hydrogen-bond donors (Lipinski definition) is 1. The molecule has 0 bridgehead atoms. The summed E-state index contributed by atoms with van der Waals surface area (Å²) >= 11 is 1.56. The molecule has 22 heavy (non-hydrogen) atoms. The molecule has 1 N–H and O–H groups in total. The number of rotatable bonds is 4. The second kappa shape index (κ2) is 7.27. The van der Waals surface area contributed by atoms with Crippen LogP contribution >= 0.6 is 11.3 Å². The van der Waals surface area contributed by atoms with Crippen molar-refractivity contribution in [2.24, 2.45) is 5.92 Å². The Morgan fingerprint density at radius 2 is 2.00 bits per heavy atom. The van der Waals surface area contributed by atoms with Crippen molar-refractivity contribution in [3.8, 4) is 0 Å². The highest BCUT2D eigenvalue weighted by molar-refractivity contribution is 7.12. The molecule has 1 aliphatic rings. The summed E-state index contributed by atoms with van der Waals surface area (Å²) in [5.74, 6) is -0.125. The Bertz CT molecular complexity index is 552. The first-order valence-corrected chi connectivity index (χ1v) is 8.78. The van der Waals surface area contributed by atoms with Gasteiger partial charge in [0.15, 0.2) is 6.10 Å². The van der Waals surface area contributed by atoms with E-state index in [2.05, 4.69) is 12.2 Å². The molecule has 0 radical (unpaired) electrons. The molecule has 2 rings (SSSR count). The van der Waals surface area contributed by atoms with Gasteiger partial charge in [-0.15, -0.1) is 11.3 Å². The lowest BCUT2D eigenvalue weighted by molar-refractivity contribution is -0.130. The topological polar surface area (TPSA) is 55.4 Å². The molecule has 4 nitrogen and oxygen atoms in total. The van der Waals surface area contributed by atoms with Crippen LogP contribution in [0.25, 0.3) is 0 Å². The van der Waals surface area contributed by atoms with E-state index < -0.39 is 12.1 Å². The summed E-state index contributed by atoms with van der Waals surface area (Å²) < 4.78 is 5.32. The number of thiophene rings is 1. The molecule has 122 valence electrons. The molecule has 1 heterocycles. The predicted octanol–water partition coefficient (Wildman–Crippen LogP) is 3.61. The fourth-order valence-electron chi connectivity index (χ4n) is 2.94. The lowest BCUT2D eigenvalue weighted by Crippen LogP contribution is -2.46. The van der Waals surface area contributed by atoms with Crippen LogP contribution in [0.15, 0.2) is 6.07 Å². The smallest absolute Gasteiger partial charge is 0.340 e. The standard InChI is InChI=1S/C17H25NO3S/c1-10-7-5-6-8-15(10)18-16(19)12(3)21-17(20)14-9-11(2)22-13(14)4/h9-10,12,15H,5-8H2,1-4H3,(H,18,19)/t10-,12-,15-/m0/s1. The number of ether oxygens (including phenoxy) is 1. The summed E-state index contributed by atoms with van der Waals surface area (Å²) in [6.45, 7) is 7.64. The van der Waals surface area contributed by atoms with E-state index in [4.69, 9.17) is 4.74 Å². The van der Waals surface area contributed by atoms with Gasteiger partial charge in [-0.2, -0.15) is 0 Å². The van der Waals surface area contributed by atoms with Gasteiger partial charge in [-0.05, 0) is 45.6 Å². The second-order valence-electron chi connectivity index (χ2n) is 6.25. The number of carbonyl (C=O) groups is 2. The van der Waals surface area contributed by atoms with Crippen LogP contribution in [0, 0.1) is 19.8 Å². The molecule has 0 spiro atoms. The third-order valence-electron chi connectivity index (χ3n) is 4.35. The minimum atomic E-state index is -0.763. The fourth-order valence-corrected chi connectivity index (χ4v) is 3.85. The Morgan fingerprint density at radius 3 is 2.59 bits per heavy atom. The van der Waals surface area contributed by atoms with E-state index in [9.17, 15) is 9.59 Å². The van der Waals surface area contributed by atoms with Crippen molar-refractivity contribution < 1.29 is 14.3 Å². The molecule has 5 heteroatoms. The monoisotopic (exact) mass is 323 g/mol. The first kappa shape index (κ1) is 17.0. The number of amides is 1. The molecular weight excluding hydrogens is 298 g/mol. The van der Waals surface area contributed by atoms with Crippen molar-refractivity contribution in [1.29, 1.82) is 0 Å². The molecule has 1 aromatic heterocycles. The minimum Gasteiger partial charge on any atom is -0.449 e. The maximum Gasteiger partial charge on any atom is 0.340 e. The highest BCUT2D eigenvalue weighted by Gasteiger charge is 2.27. The summed E-state index contributed by atoms with van der Waals surface area (Å²) in [4.78, 5) is 26.4. The number of hydrogen-bond acceptors (Lipinski definition) is 4. The second-order valence-corrected chi connectivity index (χ2v) is 7.71. The van der Waals surface area contributed by atoms with E-state index in [-0.39, 0.29) is 11.9 Å². The van der Waals surface area contributed by atoms with Crippen molar-refractivity contribution in [2.45, 2.75) is 65.5 Å². The van der Waals surface area contributed by atoms with Crippen LogP contribution in [0.5, 0.6) is 0 Å². The summed E-state index contributed by atoms with van der Waals surface area (Å²) in [6.07, 6.45) is 3.77. The summed E-state index contributed by atoms with van der Waals surface area (Å²) in [5, 5.41) is 3.03. The Labute approximate surface area is 136 Å². The van der Waals surface area contributed by atoms with Gasteiger partial charge in [-0.3, -0.25) is 4.79 Å². The maximum absolute atomic E-state index is 12.2. The zero-order chi connectivity index (χ0) is 16.3. The fraction of sp³-hybridized carbons (Fsp3) is 0.647. The number of carbonyl (C=O) groups excluding carboxylic acids is 2. The molecule has 0 saturated heterocycles. The van der Waals surface area contributed by atoms with Gasteiger partial charge in [0.2, 0.25) is 0 Å². The largest absolute Gasteiger partial charge is 0.449 e. The van der Waals surface area contributed by atoms with Crippen molar-refractivity contribution in [2.75, 3.05) is 0 Å². The van der Waals surface area contributed by atoms with E-state index >= 15 is 0 Å². The molecule has 1 aromatic rings. The van der Waals surface area contributed by atoms with Crippen LogP contribution in [0.2, 0.25) is 0 Å². The van der Waals surface area contributed by atoms with Gasteiger partial charge < -0.3 is 10.1 Å². The van der Waals surface area contributed by atoms with E-state index in [1.165, 1.54) is 6.42 Å². The van der Waals surface area contributed by atoms with E-state index in [1.807, 2.05) is 19.9 Å². The van der Waals surface area contributed by atoms with Crippen molar-refractivity contribution >= 4 is 23.2 Å². The lowest BCUT2D eigenvalue weighted by Gasteiger charge is -2.30. The van der Waals surface area contributed by atoms with Gasteiger partial charge in [0.1, 0.15) is 0 Å². The minimum absolute atomic E-state index is 0.197. The van der Waals surface area contributed by atoms with Crippen LogP contribution in [-0.4, -0.2) is 24.0 Å². The van der Waals surface area contributed by atoms with Gasteiger partial charge in [0.05, 0.1) is 5.56 Å².